The van der Waals surface area contributed by atoms with Gasteiger partial charge in [0, 0.05) is 6.54 Å². The Kier molecular flexibility index (Phi) is 5.96. The molecule has 0 spiro atoms. The summed E-state index contributed by atoms with van der Waals surface area (Å²) < 4.78 is 0. The molecule has 3 N–H and O–H groups in total. The van der Waals surface area contributed by atoms with E-state index < -0.39 is 0 Å². The maximum absolute atomic E-state index is 11.6. The largest absolute Gasteiger partial charge is 0.355 e. The molecule has 1 aromatic rings. The molecule has 88 valence electrons. The highest BCUT2D eigenvalue weighted by Gasteiger charge is 2.13. The summed E-state index contributed by atoms with van der Waals surface area (Å²) in [5.41, 5.74) is 6.47. The standard InChI is InChI=1S/C12H18N2OS/c13-7-4-8-14-12(15)11(16)9-10-5-2-1-3-6-10/h1-3,5-6,11,16H,4,7-9,13H2,(H,14,15). The summed E-state index contributed by atoms with van der Waals surface area (Å²) >= 11 is 4.30. The monoisotopic (exact) mass is 238 g/mol. The second-order valence-electron chi connectivity index (χ2n) is 3.64. The van der Waals surface area contributed by atoms with Crippen molar-refractivity contribution < 1.29 is 4.79 Å². The van der Waals surface area contributed by atoms with E-state index in [9.17, 15) is 4.79 Å². The number of hydrogen-bond donors (Lipinski definition) is 3. The van der Waals surface area contributed by atoms with Gasteiger partial charge in [0.2, 0.25) is 5.91 Å². The summed E-state index contributed by atoms with van der Waals surface area (Å²) in [7, 11) is 0. The maximum atomic E-state index is 11.6. The van der Waals surface area contributed by atoms with Crippen LogP contribution in [-0.2, 0) is 11.2 Å². The summed E-state index contributed by atoms with van der Waals surface area (Å²) in [6, 6.07) is 9.87. The fourth-order valence-corrected chi connectivity index (χ4v) is 1.66. The van der Waals surface area contributed by atoms with Gasteiger partial charge in [-0.3, -0.25) is 4.79 Å². The minimum Gasteiger partial charge on any atom is -0.355 e. The molecule has 1 amide bonds. The minimum absolute atomic E-state index is 0.0272. The van der Waals surface area contributed by atoms with Crippen LogP contribution in [0, 0.1) is 0 Å². The molecule has 0 fully saturated rings. The lowest BCUT2D eigenvalue weighted by Crippen LogP contribution is -2.34. The molecule has 0 bridgehead atoms. The lowest BCUT2D eigenvalue weighted by atomic mass is 10.1. The van der Waals surface area contributed by atoms with Crippen molar-refractivity contribution in [2.75, 3.05) is 13.1 Å². The van der Waals surface area contributed by atoms with Crippen LogP contribution in [0.2, 0.25) is 0 Å². The van der Waals surface area contributed by atoms with Crippen LogP contribution >= 0.6 is 12.6 Å². The van der Waals surface area contributed by atoms with Crippen molar-refractivity contribution >= 4 is 18.5 Å². The third kappa shape index (κ3) is 4.68. The molecule has 0 aliphatic heterocycles. The van der Waals surface area contributed by atoms with E-state index in [0.29, 0.717) is 19.5 Å². The number of rotatable bonds is 6. The second-order valence-corrected chi connectivity index (χ2v) is 4.26. The summed E-state index contributed by atoms with van der Waals surface area (Å²) in [6.45, 7) is 1.22. The third-order valence-corrected chi connectivity index (χ3v) is 2.67. The van der Waals surface area contributed by atoms with Crippen molar-refractivity contribution in [3.63, 3.8) is 0 Å². The van der Waals surface area contributed by atoms with Crippen LogP contribution < -0.4 is 11.1 Å². The van der Waals surface area contributed by atoms with Crippen molar-refractivity contribution in [1.29, 1.82) is 0 Å². The molecule has 0 aromatic heterocycles. The molecule has 1 aromatic carbocycles. The van der Waals surface area contributed by atoms with Gasteiger partial charge in [-0.15, -0.1) is 0 Å². The van der Waals surface area contributed by atoms with Gasteiger partial charge >= 0.3 is 0 Å². The topological polar surface area (TPSA) is 55.1 Å². The molecule has 16 heavy (non-hydrogen) atoms. The molecule has 0 heterocycles. The Morgan fingerprint density at radius 1 is 1.38 bits per heavy atom. The number of hydrogen-bond acceptors (Lipinski definition) is 3. The number of carbonyl (C=O) groups is 1. The first-order valence-electron chi connectivity index (χ1n) is 5.44. The normalized spacial score (nSPS) is 12.1. The predicted molar refractivity (Wildman–Crippen MR) is 69.6 cm³/mol. The van der Waals surface area contributed by atoms with E-state index >= 15 is 0 Å². The Hall–Kier alpha value is -1.00. The number of amides is 1. The van der Waals surface area contributed by atoms with Gasteiger partial charge in [-0.2, -0.15) is 12.6 Å². The Bertz CT molecular complexity index is 316. The van der Waals surface area contributed by atoms with Crippen molar-refractivity contribution in [3.05, 3.63) is 35.9 Å². The molecule has 0 saturated carbocycles. The zero-order chi connectivity index (χ0) is 11.8. The van der Waals surface area contributed by atoms with E-state index in [-0.39, 0.29) is 11.2 Å². The van der Waals surface area contributed by atoms with Gasteiger partial charge < -0.3 is 11.1 Å². The van der Waals surface area contributed by atoms with Crippen molar-refractivity contribution in [2.24, 2.45) is 5.73 Å². The SMILES string of the molecule is NCCCNC(=O)C(S)Cc1ccccc1. The van der Waals surface area contributed by atoms with Gasteiger partial charge in [-0.05, 0) is 24.9 Å². The van der Waals surface area contributed by atoms with Crippen LogP contribution in [0.25, 0.3) is 0 Å². The molecule has 4 heteroatoms. The summed E-state index contributed by atoms with van der Waals surface area (Å²) in [5.74, 6) is -0.0272. The van der Waals surface area contributed by atoms with E-state index in [4.69, 9.17) is 5.73 Å². The Balaban J connectivity index is 2.34. The van der Waals surface area contributed by atoms with Crippen LogP contribution in [-0.4, -0.2) is 24.2 Å². The molecular formula is C12H18N2OS. The average molecular weight is 238 g/mol. The highest BCUT2D eigenvalue weighted by atomic mass is 32.1. The van der Waals surface area contributed by atoms with Gasteiger partial charge in [-0.1, -0.05) is 30.3 Å². The van der Waals surface area contributed by atoms with Crippen LogP contribution in [0.15, 0.2) is 30.3 Å². The fourth-order valence-electron chi connectivity index (χ4n) is 1.36. The third-order valence-electron chi connectivity index (χ3n) is 2.25. The molecule has 0 aliphatic carbocycles. The Morgan fingerprint density at radius 2 is 2.06 bits per heavy atom. The average Bonchev–Trinajstić information content (AvgIpc) is 2.30. The Morgan fingerprint density at radius 3 is 2.69 bits per heavy atom. The smallest absolute Gasteiger partial charge is 0.233 e. The second kappa shape index (κ2) is 7.30. The van der Waals surface area contributed by atoms with E-state index in [0.717, 1.165) is 12.0 Å². The molecule has 1 unspecified atom stereocenters. The minimum atomic E-state index is -0.292. The molecule has 0 aliphatic rings. The first-order chi connectivity index (χ1) is 7.74. The lowest BCUT2D eigenvalue weighted by molar-refractivity contribution is -0.120. The summed E-state index contributed by atoms with van der Waals surface area (Å²) in [4.78, 5) is 11.6. The van der Waals surface area contributed by atoms with Crippen molar-refractivity contribution in [2.45, 2.75) is 18.1 Å². The van der Waals surface area contributed by atoms with Crippen molar-refractivity contribution in [1.82, 2.24) is 5.32 Å². The van der Waals surface area contributed by atoms with E-state index in [1.165, 1.54) is 0 Å². The number of benzene rings is 1. The van der Waals surface area contributed by atoms with E-state index in [1.54, 1.807) is 0 Å². The number of carbonyl (C=O) groups excluding carboxylic acids is 1. The Labute approximate surface area is 102 Å². The molecule has 0 radical (unpaired) electrons. The van der Waals surface area contributed by atoms with E-state index in [2.05, 4.69) is 17.9 Å². The maximum Gasteiger partial charge on any atom is 0.233 e. The first kappa shape index (κ1) is 13.1. The highest BCUT2D eigenvalue weighted by molar-refractivity contribution is 7.81. The number of nitrogens with two attached hydrogens (primary N) is 1. The van der Waals surface area contributed by atoms with Gasteiger partial charge in [-0.25, -0.2) is 0 Å². The van der Waals surface area contributed by atoms with Crippen LogP contribution in [0.4, 0.5) is 0 Å². The molecule has 0 saturated heterocycles. The van der Waals surface area contributed by atoms with E-state index in [1.807, 2.05) is 30.3 Å². The molecule has 1 atom stereocenters. The molecule has 1 rings (SSSR count). The van der Waals surface area contributed by atoms with Gasteiger partial charge in [0.25, 0.3) is 0 Å². The highest BCUT2D eigenvalue weighted by Crippen LogP contribution is 2.07. The van der Waals surface area contributed by atoms with Crippen LogP contribution in [0.3, 0.4) is 0 Å². The van der Waals surface area contributed by atoms with Crippen LogP contribution in [0.5, 0.6) is 0 Å². The van der Waals surface area contributed by atoms with Crippen molar-refractivity contribution in [3.8, 4) is 0 Å². The van der Waals surface area contributed by atoms with Crippen LogP contribution in [0.1, 0.15) is 12.0 Å². The quantitative estimate of drug-likeness (QED) is 0.511. The lowest BCUT2D eigenvalue weighted by Gasteiger charge is -2.11. The zero-order valence-electron chi connectivity index (χ0n) is 9.23. The number of thiol groups is 1. The molecule has 3 nitrogen and oxygen atoms in total. The number of nitrogens with one attached hydrogen (secondary N) is 1. The van der Waals surface area contributed by atoms with Gasteiger partial charge in [0.1, 0.15) is 0 Å². The summed E-state index contributed by atoms with van der Waals surface area (Å²) in [5, 5.41) is 2.52. The first-order valence-corrected chi connectivity index (χ1v) is 5.95. The van der Waals surface area contributed by atoms with Gasteiger partial charge in [0.15, 0.2) is 0 Å². The predicted octanol–water partition coefficient (Wildman–Crippen LogP) is 0.992. The van der Waals surface area contributed by atoms with Gasteiger partial charge in [0.05, 0.1) is 5.25 Å². The summed E-state index contributed by atoms with van der Waals surface area (Å²) in [6.07, 6.45) is 1.45. The zero-order valence-corrected chi connectivity index (χ0v) is 10.1. The molecular weight excluding hydrogens is 220 g/mol. The fraction of sp³-hybridized carbons (Fsp3) is 0.417.